The molecule has 3 heterocycles. The van der Waals surface area contributed by atoms with E-state index in [1.165, 1.54) is 16.6 Å². The molecule has 1 aliphatic heterocycles. The van der Waals surface area contributed by atoms with Gasteiger partial charge in [-0.2, -0.15) is 14.4 Å². The number of sulfonamides is 1. The molecule has 2 aliphatic carbocycles. The summed E-state index contributed by atoms with van der Waals surface area (Å²) in [5.74, 6) is -1.97. The van der Waals surface area contributed by atoms with Gasteiger partial charge in [0.05, 0.1) is 30.7 Å². The van der Waals surface area contributed by atoms with Gasteiger partial charge in [0, 0.05) is 55.2 Å². The highest BCUT2D eigenvalue weighted by atomic mass is 32.2. The first-order chi connectivity index (χ1) is 21.4. The molecule has 45 heavy (non-hydrogen) atoms. The lowest BCUT2D eigenvalue weighted by atomic mass is 9.95. The van der Waals surface area contributed by atoms with Gasteiger partial charge >= 0.3 is 11.4 Å². The molecule has 2 N–H and O–H groups in total. The number of benzene rings is 1. The molecule has 0 spiro atoms. The minimum atomic E-state index is -3.63. The average Bonchev–Trinajstić information content (AvgIpc) is 3.75. The SMILES string of the molecule is CC1C(F)=CC(F)=CC1n1ncc(N2CCN(S(=O)(=O)Cc3ccc(-c4cc#[n+]c(N)c4)cc3)CC2)c(OCC2(C)CC2)c1=O. The van der Waals surface area contributed by atoms with Crippen molar-refractivity contribution in [2.24, 2.45) is 11.3 Å². The van der Waals surface area contributed by atoms with Gasteiger partial charge in [0.2, 0.25) is 15.8 Å². The number of allylic oxidation sites excluding steroid dienone is 4. The van der Waals surface area contributed by atoms with Crippen LogP contribution in [-0.4, -0.2) is 55.3 Å². The van der Waals surface area contributed by atoms with Crippen molar-refractivity contribution >= 4 is 21.5 Å². The number of ether oxygens (including phenoxy) is 1. The summed E-state index contributed by atoms with van der Waals surface area (Å²) in [5.41, 5.74) is 7.93. The maximum absolute atomic E-state index is 14.4. The second-order valence-electron chi connectivity index (χ2n) is 12.3. The summed E-state index contributed by atoms with van der Waals surface area (Å²) >= 11 is 0. The number of piperazine rings is 1. The van der Waals surface area contributed by atoms with Crippen LogP contribution in [0.5, 0.6) is 5.75 Å². The van der Waals surface area contributed by atoms with Crippen molar-refractivity contribution in [1.29, 1.82) is 0 Å². The number of hydrogen-bond acceptors (Lipinski definition) is 7. The molecule has 2 unspecified atom stereocenters. The summed E-state index contributed by atoms with van der Waals surface area (Å²) in [6, 6.07) is 9.73. The fourth-order valence-electron chi connectivity index (χ4n) is 5.56. The Labute approximate surface area is 260 Å². The zero-order chi connectivity index (χ0) is 31.9. The van der Waals surface area contributed by atoms with Crippen LogP contribution in [0.2, 0.25) is 0 Å². The summed E-state index contributed by atoms with van der Waals surface area (Å²) in [5, 5.41) is 4.31. The molecule has 6 rings (SSSR count). The Morgan fingerprint density at radius 1 is 1.13 bits per heavy atom. The first kappa shape index (κ1) is 30.7. The van der Waals surface area contributed by atoms with Crippen molar-refractivity contribution in [1.82, 2.24) is 14.1 Å². The van der Waals surface area contributed by atoms with Crippen LogP contribution < -0.4 is 25.9 Å². The van der Waals surface area contributed by atoms with Crippen LogP contribution in [0.25, 0.3) is 11.1 Å². The highest BCUT2D eigenvalue weighted by Gasteiger charge is 2.39. The first-order valence-corrected chi connectivity index (χ1v) is 16.5. The number of halogens is 2. The van der Waals surface area contributed by atoms with E-state index < -0.39 is 39.2 Å². The molecule has 0 amide bonds. The van der Waals surface area contributed by atoms with Crippen LogP contribution in [0.15, 0.2) is 71.2 Å². The lowest BCUT2D eigenvalue weighted by molar-refractivity contribution is -0.275. The van der Waals surface area contributed by atoms with E-state index in [4.69, 9.17) is 10.5 Å². The quantitative estimate of drug-likeness (QED) is 0.377. The summed E-state index contributed by atoms with van der Waals surface area (Å²) in [7, 11) is -3.63. The molecule has 1 aromatic carbocycles. The van der Waals surface area contributed by atoms with Gasteiger partial charge in [-0.3, -0.25) is 10.5 Å². The normalized spacial score (nSPS) is 21.5. The first-order valence-electron chi connectivity index (χ1n) is 14.9. The lowest BCUT2D eigenvalue weighted by Gasteiger charge is -2.36. The van der Waals surface area contributed by atoms with E-state index in [0.29, 0.717) is 36.8 Å². The van der Waals surface area contributed by atoms with Crippen molar-refractivity contribution in [2.45, 2.75) is 38.5 Å². The van der Waals surface area contributed by atoms with E-state index in [-0.39, 0.29) is 30.0 Å². The van der Waals surface area contributed by atoms with Crippen LogP contribution in [0.4, 0.5) is 20.3 Å². The fraction of sp³-hybridized carbons (Fsp3) is 0.406. The largest absolute Gasteiger partial charge is 0.486 e. The van der Waals surface area contributed by atoms with Crippen LogP contribution >= 0.6 is 0 Å². The molecule has 2 atom stereocenters. The molecule has 3 aromatic rings. The van der Waals surface area contributed by atoms with Crippen LogP contribution in [0.3, 0.4) is 0 Å². The third-order valence-electron chi connectivity index (χ3n) is 8.77. The van der Waals surface area contributed by atoms with E-state index in [2.05, 4.69) is 23.2 Å². The molecule has 3 aliphatic rings. The number of hydrogen-bond donors (Lipinski definition) is 1. The van der Waals surface area contributed by atoms with Gasteiger partial charge in [0.25, 0.3) is 0 Å². The van der Waals surface area contributed by atoms with Crippen molar-refractivity contribution in [3.63, 3.8) is 0 Å². The summed E-state index contributed by atoms with van der Waals surface area (Å²) in [6.45, 7) is 4.98. The molecule has 2 fully saturated rings. The van der Waals surface area contributed by atoms with Crippen molar-refractivity contribution in [3.05, 3.63) is 88.5 Å². The van der Waals surface area contributed by atoms with Gasteiger partial charge in [-0.15, -0.1) is 0 Å². The lowest BCUT2D eigenvalue weighted by Crippen LogP contribution is -2.49. The van der Waals surface area contributed by atoms with Crippen LogP contribution in [-0.2, 0) is 15.8 Å². The fourth-order valence-corrected chi connectivity index (χ4v) is 7.08. The minimum absolute atomic E-state index is 0.0358. The van der Waals surface area contributed by atoms with E-state index >= 15 is 0 Å². The standard InChI is InChI=1S/C32H34F2N6O4S/c1-21-26(34)16-25(33)17-27(21)40-31(41)30(44-20-32(2)8-9-32)28(18-37-40)38-11-13-39(14-12-38)45(42,43)19-22-3-5-23(6-4-22)24-7-10-36-29(35)15-24/h3-7,15-18,21,27,35H,8-9,11-14,19-20H2,1-2H3/p+1. The molecule has 2 aromatic heterocycles. The number of rotatable bonds is 9. The van der Waals surface area contributed by atoms with Gasteiger partial charge in [0.15, 0.2) is 6.20 Å². The molecular formula is C32H35F2N6O4S+. The molecule has 1 saturated carbocycles. The topological polar surface area (TPSA) is 125 Å². The van der Waals surface area contributed by atoms with Crippen molar-refractivity contribution in [2.75, 3.05) is 43.4 Å². The van der Waals surface area contributed by atoms with E-state index in [1.807, 2.05) is 17.0 Å². The number of nitrogens with two attached hydrogens (primary N) is 1. The predicted molar refractivity (Wildman–Crippen MR) is 165 cm³/mol. The third kappa shape index (κ3) is 6.57. The zero-order valence-electron chi connectivity index (χ0n) is 25.1. The number of aromatic nitrogens is 3. The average molecular weight is 638 g/mol. The Kier molecular flexibility index (Phi) is 8.13. The predicted octanol–water partition coefficient (Wildman–Crippen LogP) is 3.62. The second kappa shape index (κ2) is 11.9. The summed E-state index contributed by atoms with van der Waals surface area (Å²) in [6.07, 6.45) is 8.15. The Bertz CT molecular complexity index is 1810. The molecule has 1 saturated heterocycles. The molecule has 0 bridgehead atoms. The van der Waals surface area contributed by atoms with Gasteiger partial charge in [0.1, 0.15) is 17.3 Å². The van der Waals surface area contributed by atoms with Crippen LogP contribution in [0, 0.1) is 17.5 Å². The highest BCUT2D eigenvalue weighted by Crippen LogP contribution is 2.45. The number of nitrogen functional groups attached to an aromatic ring is 1. The molecule has 0 radical (unpaired) electrons. The third-order valence-corrected chi connectivity index (χ3v) is 10.6. The van der Waals surface area contributed by atoms with Gasteiger partial charge < -0.3 is 9.64 Å². The van der Waals surface area contributed by atoms with Crippen molar-refractivity contribution < 1.29 is 26.9 Å². The minimum Gasteiger partial charge on any atom is -0.486 e. The Balaban J connectivity index is 1.17. The maximum atomic E-state index is 14.4. The zero-order valence-corrected chi connectivity index (χ0v) is 25.9. The van der Waals surface area contributed by atoms with Crippen LogP contribution in [0.1, 0.15) is 38.3 Å². The number of anilines is 2. The van der Waals surface area contributed by atoms with Gasteiger partial charge in [-0.05, 0) is 30.0 Å². The van der Waals surface area contributed by atoms with Gasteiger partial charge in [-0.1, -0.05) is 38.1 Å². The maximum Gasteiger partial charge on any atom is 0.377 e. The Morgan fingerprint density at radius 2 is 1.84 bits per heavy atom. The molecular weight excluding hydrogens is 602 g/mol. The van der Waals surface area contributed by atoms with E-state index in [1.54, 1.807) is 31.2 Å². The number of nitrogens with zero attached hydrogens (tertiary/aromatic N) is 5. The van der Waals surface area contributed by atoms with E-state index in [9.17, 15) is 22.0 Å². The van der Waals surface area contributed by atoms with E-state index in [0.717, 1.165) is 34.7 Å². The summed E-state index contributed by atoms with van der Waals surface area (Å²) in [4.78, 5) is 19.5. The highest BCUT2D eigenvalue weighted by molar-refractivity contribution is 7.88. The van der Waals surface area contributed by atoms with Crippen molar-refractivity contribution in [3.8, 4) is 16.9 Å². The Morgan fingerprint density at radius 3 is 2.51 bits per heavy atom. The molecule has 10 nitrogen and oxygen atoms in total. The van der Waals surface area contributed by atoms with Gasteiger partial charge in [-0.25, -0.2) is 21.9 Å². The summed E-state index contributed by atoms with van der Waals surface area (Å²) < 4.78 is 63.9. The molecule has 236 valence electrons. The Hall–Kier alpha value is -4.28. The monoisotopic (exact) mass is 637 g/mol. The second-order valence-corrected chi connectivity index (χ2v) is 14.3. The molecule has 13 heteroatoms. The smallest absolute Gasteiger partial charge is 0.377 e.